The molecule has 0 radical (unpaired) electrons. The summed E-state index contributed by atoms with van der Waals surface area (Å²) in [4.78, 5) is 19.4. The molecular weight excluding hydrogens is 407 g/mol. The summed E-state index contributed by atoms with van der Waals surface area (Å²) in [7, 11) is 0. The van der Waals surface area contributed by atoms with Gasteiger partial charge in [-0.15, -0.1) is 0 Å². The quantitative estimate of drug-likeness (QED) is 0.532. The Bertz CT molecular complexity index is 1040. The van der Waals surface area contributed by atoms with Crippen molar-refractivity contribution in [3.05, 3.63) is 83.8 Å². The largest absolute Gasteiger partial charge is 0.490 e. The molecule has 0 bridgehead atoms. The van der Waals surface area contributed by atoms with E-state index in [-0.39, 0.29) is 18.1 Å². The molecule has 4 rings (SSSR count). The number of pyridine rings is 1. The molecule has 0 saturated carbocycles. The Labute approximate surface area is 187 Å². The highest BCUT2D eigenvalue weighted by molar-refractivity contribution is 5.78. The van der Waals surface area contributed by atoms with E-state index in [0.29, 0.717) is 37.1 Å². The van der Waals surface area contributed by atoms with Crippen LogP contribution in [0.25, 0.3) is 0 Å². The predicted octanol–water partition coefficient (Wildman–Crippen LogP) is 5.54. The molecule has 0 aliphatic carbocycles. The molecule has 1 aromatic heterocycles. The normalized spacial score (nSPS) is 14.8. The molecule has 1 aliphatic heterocycles. The molecule has 1 amide bonds. The van der Waals surface area contributed by atoms with Crippen molar-refractivity contribution in [2.45, 2.75) is 38.6 Å². The van der Waals surface area contributed by atoms with Crippen molar-refractivity contribution in [1.82, 2.24) is 9.88 Å². The summed E-state index contributed by atoms with van der Waals surface area (Å²) < 4.78 is 25.3. The molecule has 0 spiro atoms. The van der Waals surface area contributed by atoms with E-state index in [2.05, 4.69) is 4.98 Å². The molecule has 0 atom stereocenters. The molecule has 0 N–H and O–H groups in total. The first-order chi connectivity index (χ1) is 15.7. The second-order valence-corrected chi connectivity index (χ2v) is 7.90. The summed E-state index contributed by atoms with van der Waals surface area (Å²) in [5.74, 6) is 1.45. The number of hydrogen-bond acceptors (Lipinski definition) is 4. The van der Waals surface area contributed by atoms with E-state index in [0.717, 1.165) is 36.8 Å². The highest BCUT2D eigenvalue weighted by Crippen LogP contribution is 2.32. The summed E-state index contributed by atoms with van der Waals surface area (Å²) >= 11 is 0. The zero-order valence-corrected chi connectivity index (χ0v) is 18.0. The van der Waals surface area contributed by atoms with Gasteiger partial charge in [0, 0.05) is 18.3 Å². The minimum atomic E-state index is -0.305. The second kappa shape index (κ2) is 10.8. The van der Waals surface area contributed by atoms with Crippen molar-refractivity contribution >= 4 is 5.91 Å². The highest BCUT2D eigenvalue weighted by atomic mass is 19.1. The van der Waals surface area contributed by atoms with Crippen LogP contribution in [-0.4, -0.2) is 28.9 Å². The van der Waals surface area contributed by atoms with Crippen molar-refractivity contribution in [2.24, 2.45) is 0 Å². The number of aromatic nitrogens is 1. The number of halogens is 1. The fraction of sp³-hybridized carbons (Fsp3) is 0.308. The molecule has 0 fully saturated rings. The highest BCUT2D eigenvalue weighted by Gasteiger charge is 2.18. The summed E-state index contributed by atoms with van der Waals surface area (Å²) in [5, 5.41) is 0. The average Bonchev–Trinajstić information content (AvgIpc) is 2.81. The van der Waals surface area contributed by atoms with Crippen LogP contribution in [0.4, 0.5) is 4.39 Å². The molecular formula is C26H27FN2O3. The smallest absolute Gasteiger partial charge is 0.227 e. The summed E-state index contributed by atoms with van der Waals surface area (Å²) in [6.07, 6.45) is 5.79. The fourth-order valence-corrected chi connectivity index (χ4v) is 3.72. The topological polar surface area (TPSA) is 51.7 Å². The van der Waals surface area contributed by atoms with E-state index >= 15 is 0 Å². The van der Waals surface area contributed by atoms with Crippen molar-refractivity contribution in [3.8, 4) is 17.4 Å². The van der Waals surface area contributed by atoms with E-state index in [1.807, 2.05) is 41.3 Å². The number of rotatable bonds is 2. The maximum Gasteiger partial charge on any atom is 0.227 e. The summed E-state index contributed by atoms with van der Waals surface area (Å²) in [6.45, 7) is 1.65. The maximum atomic E-state index is 13.2. The Morgan fingerprint density at radius 2 is 1.72 bits per heavy atom. The SMILES string of the molecule is O=C(Cc1ccc(F)cc1)N1CCCCCCOc2ccccc2Oc2ncccc2C1. The Kier molecular flexibility index (Phi) is 7.33. The summed E-state index contributed by atoms with van der Waals surface area (Å²) in [6, 6.07) is 17.4. The van der Waals surface area contributed by atoms with Crippen LogP contribution in [0.5, 0.6) is 17.4 Å². The second-order valence-electron chi connectivity index (χ2n) is 7.90. The minimum Gasteiger partial charge on any atom is -0.490 e. The Hall–Kier alpha value is -3.41. The molecule has 3 aromatic rings. The molecule has 166 valence electrons. The van der Waals surface area contributed by atoms with E-state index in [9.17, 15) is 9.18 Å². The molecule has 2 aromatic carbocycles. The predicted molar refractivity (Wildman–Crippen MR) is 120 cm³/mol. The van der Waals surface area contributed by atoms with Gasteiger partial charge in [0.05, 0.1) is 19.6 Å². The minimum absolute atomic E-state index is 0.00207. The Balaban J connectivity index is 1.58. The van der Waals surface area contributed by atoms with E-state index in [4.69, 9.17) is 9.47 Å². The number of ether oxygens (including phenoxy) is 2. The van der Waals surface area contributed by atoms with Crippen LogP contribution >= 0.6 is 0 Å². The van der Waals surface area contributed by atoms with Crippen LogP contribution in [0, 0.1) is 5.82 Å². The zero-order valence-electron chi connectivity index (χ0n) is 18.0. The lowest BCUT2D eigenvalue weighted by Gasteiger charge is -2.24. The Morgan fingerprint density at radius 3 is 2.56 bits per heavy atom. The molecule has 2 heterocycles. The number of para-hydroxylation sites is 2. The lowest BCUT2D eigenvalue weighted by Crippen LogP contribution is -2.33. The van der Waals surface area contributed by atoms with Crippen LogP contribution < -0.4 is 9.47 Å². The number of hydrogen-bond donors (Lipinski definition) is 0. The fourth-order valence-electron chi connectivity index (χ4n) is 3.72. The van der Waals surface area contributed by atoms with E-state index < -0.39 is 0 Å². The van der Waals surface area contributed by atoms with Gasteiger partial charge >= 0.3 is 0 Å². The average molecular weight is 435 g/mol. The van der Waals surface area contributed by atoms with E-state index in [1.54, 1.807) is 18.3 Å². The number of carbonyl (C=O) groups excluding carboxylic acids is 1. The van der Waals surface area contributed by atoms with Crippen LogP contribution in [-0.2, 0) is 17.8 Å². The third-order valence-corrected chi connectivity index (χ3v) is 5.47. The number of carbonyl (C=O) groups is 1. The third-order valence-electron chi connectivity index (χ3n) is 5.47. The van der Waals surface area contributed by atoms with Crippen LogP contribution in [0.2, 0.25) is 0 Å². The molecule has 32 heavy (non-hydrogen) atoms. The third kappa shape index (κ3) is 5.84. The maximum absolute atomic E-state index is 13.2. The van der Waals surface area contributed by atoms with Crippen molar-refractivity contribution in [3.63, 3.8) is 0 Å². The lowest BCUT2D eigenvalue weighted by molar-refractivity contribution is -0.131. The van der Waals surface area contributed by atoms with Crippen molar-refractivity contribution < 1.29 is 18.7 Å². The lowest BCUT2D eigenvalue weighted by atomic mass is 10.1. The molecule has 6 heteroatoms. The van der Waals surface area contributed by atoms with Crippen LogP contribution in [0.15, 0.2) is 66.9 Å². The first kappa shape index (κ1) is 21.8. The van der Waals surface area contributed by atoms with Gasteiger partial charge in [-0.25, -0.2) is 9.37 Å². The van der Waals surface area contributed by atoms with Gasteiger partial charge < -0.3 is 14.4 Å². The molecule has 0 unspecified atom stereocenters. The van der Waals surface area contributed by atoms with Gasteiger partial charge in [0.15, 0.2) is 11.5 Å². The molecule has 1 aliphatic rings. The van der Waals surface area contributed by atoms with Crippen LogP contribution in [0.3, 0.4) is 0 Å². The number of benzene rings is 2. The van der Waals surface area contributed by atoms with Gasteiger partial charge in [-0.3, -0.25) is 4.79 Å². The van der Waals surface area contributed by atoms with Crippen molar-refractivity contribution in [2.75, 3.05) is 13.2 Å². The molecule has 5 nitrogen and oxygen atoms in total. The molecule has 0 saturated heterocycles. The first-order valence-electron chi connectivity index (χ1n) is 11.0. The van der Waals surface area contributed by atoms with Gasteiger partial charge in [0.25, 0.3) is 0 Å². The van der Waals surface area contributed by atoms with Crippen molar-refractivity contribution in [1.29, 1.82) is 0 Å². The van der Waals surface area contributed by atoms with Gasteiger partial charge in [-0.2, -0.15) is 0 Å². The number of amides is 1. The number of nitrogens with zero attached hydrogens (tertiary/aromatic N) is 2. The van der Waals surface area contributed by atoms with Gasteiger partial charge in [-0.1, -0.05) is 43.2 Å². The van der Waals surface area contributed by atoms with E-state index in [1.165, 1.54) is 12.1 Å². The Morgan fingerprint density at radius 1 is 0.938 bits per heavy atom. The zero-order chi connectivity index (χ0) is 22.2. The number of fused-ring (bicyclic) bond motifs is 2. The van der Waals surface area contributed by atoms with Gasteiger partial charge in [-0.05, 0) is 48.7 Å². The first-order valence-corrected chi connectivity index (χ1v) is 11.0. The summed E-state index contributed by atoms with van der Waals surface area (Å²) in [5.41, 5.74) is 1.62. The van der Waals surface area contributed by atoms with Gasteiger partial charge in [0.2, 0.25) is 11.8 Å². The van der Waals surface area contributed by atoms with Gasteiger partial charge in [0.1, 0.15) is 5.82 Å². The monoisotopic (exact) mass is 434 g/mol. The van der Waals surface area contributed by atoms with Crippen LogP contribution in [0.1, 0.15) is 36.8 Å². The standard InChI is InChI=1S/C26H27FN2O3/c27-22-13-11-20(12-14-22)18-25(30)29-16-5-1-2-6-17-31-23-9-3-4-10-24(23)32-26-21(19-29)8-7-15-28-26/h3-4,7-15H,1-2,5-6,16-19H2.